The number of benzene rings is 15. The minimum atomic E-state index is -0.412. The molecule has 0 heterocycles. The van der Waals surface area contributed by atoms with E-state index < -0.39 is 17.9 Å². The van der Waals surface area contributed by atoms with Gasteiger partial charge in [-0.05, 0) is 252 Å². The van der Waals surface area contributed by atoms with Crippen molar-refractivity contribution >= 4 is 86.2 Å². The molecular formula is C93H66N4O6. The number of nitrogens with zero attached hydrogens (tertiary/aromatic N) is 4. The number of rotatable bonds is 21. The average molecular weight is 1340 g/mol. The Labute approximate surface area is 598 Å². The number of esters is 3. The van der Waals surface area contributed by atoms with Crippen LogP contribution in [0.2, 0.25) is 0 Å². The highest BCUT2D eigenvalue weighted by atomic mass is 16.5. The normalized spacial score (nSPS) is 10.8. The minimum absolute atomic E-state index is 0.412. The monoisotopic (exact) mass is 1330 g/mol. The third kappa shape index (κ3) is 15.0. The van der Waals surface area contributed by atoms with E-state index in [1.807, 2.05) is 164 Å². The Kier molecular flexibility index (Phi) is 19.1. The number of para-hydroxylation sites is 3. The van der Waals surface area contributed by atoms with Crippen LogP contribution in [0.4, 0.5) is 68.2 Å². The summed E-state index contributed by atoms with van der Waals surface area (Å²) in [5.41, 5.74) is 18.6. The maximum Gasteiger partial charge on any atom is 0.343 e. The van der Waals surface area contributed by atoms with E-state index in [2.05, 4.69) is 202 Å². The summed E-state index contributed by atoms with van der Waals surface area (Å²) in [6.07, 6.45) is 0. The Morgan fingerprint density at radius 2 is 0.340 bits per heavy atom. The molecule has 0 amide bonds. The molecule has 0 atom stereocenters. The van der Waals surface area contributed by atoms with Gasteiger partial charge in [0, 0.05) is 68.2 Å². The van der Waals surface area contributed by atoms with Crippen molar-refractivity contribution in [3.63, 3.8) is 0 Å². The summed E-state index contributed by atoms with van der Waals surface area (Å²) in [6.45, 7) is 0. The molecule has 0 fully saturated rings. The Bertz CT molecular complexity index is 4830. The van der Waals surface area contributed by atoms with Crippen LogP contribution >= 0.6 is 0 Å². The highest BCUT2D eigenvalue weighted by Crippen LogP contribution is 2.44. The first-order chi connectivity index (χ1) is 50.8. The van der Waals surface area contributed by atoms with Crippen LogP contribution in [0.5, 0.6) is 17.2 Å². The van der Waals surface area contributed by atoms with Crippen LogP contribution in [0.1, 0.15) is 31.1 Å². The second-order valence-corrected chi connectivity index (χ2v) is 24.4. The van der Waals surface area contributed by atoms with Gasteiger partial charge in [-0.25, -0.2) is 14.4 Å². The molecule has 0 N–H and O–H groups in total. The van der Waals surface area contributed by atoms with Crippen molar-refractivity contribution in [3.8, 4) is 50.6 Å². The number of ether oxygens (including phenoxy) is 3. The summed E-state index contributed by atoms with van der Waals surface area (Å²) in [7, 11) is 0. The van der Waals surface area contributed by atoms with Crippen molar-refractivity contribution in [1.82, 2.24) is 0 Å². The summed E-state index contributed by atoms with van der Waals surface area (Å²) in [5, 5.41) is 0. The molecule has 0 saturated heterocycles. The van der Waals surface area contributed by atoms with Crippen molar-refractivity contribution < 1.29 is 28.6 Å². The van der Waals surface area contributed by atoms with Gasteiger partial charge in [-0.1, -0.05) is 182 Å². The van der Waals surface area contributed by atoms with Crippen molar-refractivity contribution in [2.24, 2.45) is 0 Å². The molecule has 15 aromatic rings. The molecule has 15 rings (SSSR count). The molecule has 0 aromatic heterocycles. The smallest absolute Gasteiger partial charge is 0.343 e. The third-order valence-electron chi connectivity index (χ3n) is 17.7. The predicted molar refractivity (Wildman–Crippen MR) is 416 cm³/mol. The maximum atomic E-state index is 13.0. The van der Waals surface area contributed by atoms with E-state index >= 15 is 0 Å². The first-order valence-corrected chi connectivity index (χ1v) is 33.9. The van der Waals surface area contributed by atoms with Gasteiger partial charge in [0.2, 0.25) is 0 Å². The van der Waals surface area contributed by atoms with E-state index in [9.17, 15) is 14.4 Å². The van der Waals surface area contributed by atoms with Crippen LogP contribution in [0.3, 0.4) is 0 Å². The minimum Gasteiger partial charge on any atom is -0.423 e. The zero-order chi connectivity index (χ0) is 69.7. The van der Waals surface area contributed by atoms with Gasteiger partial charge in [-0.2, -0.15) is 0 Å². The summed E-state index contributed by atoms with van der Waals surface area (Å²) in [6, 6.07) is 132. The molecule has 0 saturated carbocycles. The Hall–Kier alpha value is -14.1. The zero-order valence-corrected chi connectivity index (χ0v) is 55.8. The van der Waals surface area contributed by atoms with Crippen LogP contribution in [0.15, 0.2) is 400 Å². The fourth-order valence-corrected chi connectivity index (χ4v) is 12.6. The van der Waals surface area contributed by atoms with Gasteiger partial charge in [-0.3, -0.25) is 0 Å². The second kappa shape index (κ2) is 30.4. The number of carbonyl (C=O) groups is 3. The number of carbonyl (C=O) groups excluding carboxylic acids is 3. The largest absolute Gasteiger partial charge is 0.423 e. The summed E-state index contributed by atoms with van der Waals surface area (Å²) in [4.78, 5) is 48.1. The molecule has 15 aromatic carbocycles. The van der Waals surface area contributed by atoms with Crippen LogP contribution < -0.4 is 33.8 Å². The Morgan fingerprint density at radius 1 is 0.165 bits per heavy atom. The third-order valence-corrected chi connectivity index (χ3v) is 17.7. The highest BCUT2D eigenvalue weighted by Gasteiger charge is 2.22. The lowest BCUT2D eigenvalue weighted by Crippen LogP contribution is -2.14. The molecule has 10 heteroatoms. The quantitative estimate of drug-likeness (QED) is 0.0512. The first kappa shape index (κ1) is 64.9. The topological polar surface area (TPSA) is 91.9 Å². The molecule has 0 unspecified atom stereocenters. The lowest BCUT2D eigenvalue weighted by atomic mass is 10.0. The molecule has 0 spiro atoms. The fraction of sp³-hybridized carbons (Fsp3) is 0. The van der Waals surface area contributed by atoms with Crippen LogP contribution in [-0.4, -0.2) is 17.9 Å². The van der Waals surface area contributed by atoms with E-state index in [1.165, 1.54) is 0 Å². The van der Waals surface area contributed by atoms with Crippen LogP contribution in [0.25, 0.3) is 33.4 Å². The van der Waals surface area contributed by atoms with Gasteiger partial charge >= 0.3 is 17.9 Å². The summed E-state index contributed by atoms with van der Waals surface area (Å²) in [5.74, 6) is 0.160. The van der Waals surface area contributed by atoms with Crippen LogP contribution in [-0.2, 0) is 0 Å². The molecule has 0 bridgehead atoms. The summed E-state index contributed by atoms with van der Waals surface area (Å²) < 4.78 is 17.4. The van der Waals surface area contributed by atoms with E-state index in [4.69, 9.17) is 14.2 Å². The molecule has 494 valence electrons. The van der Waals surface area contributed by atoms with E-state index in [1.54, 1.807) is 54.6 Å². The van der Waals surface area contributed by atoms with Gasteiger partial charge in [-0.15, -0.1) is 0 Å². The van der Waals surface area contributed by atoms with Crippen molar-refractivity contribution in [3.05, 3.63) is 417 Å². The van der Waals surface area contributed by atoms with E-state index in [0.29, 0.717) is 33.9 Å². The van der Waals surface area contributed by atoms with Gasteiger partial charge < -0.3 is 33.8 Å². The molecule has 0 aliphatic rings. The predicted octanol–water partition coefficient (Wildman–Crippen LogP) is 24.2. The molecule has 0 aliphatic carbocycles. The van der Waals surface area contributed by atoms with Gasteiger partial charge in [0.25, 0.3) is 0 Å². The lowest BCUT2D eigenvalue weighted by molar-refractivity contribution is 0.0725. The first-order valence-electron chi connectivity index (χ1n) is 33.9. The standard InChI is InChI=1S/C93H66N4O6/c98-91(70-22-7-1-8-23-70)101-88-37-19-28-73(64-88)67-40-46-79(47-41-67)94(76-31-13-4-14-32-76)82-52-58-85(59-53-82)97(86-60-54-83(55-61-86)95(77-33-15-5-16-34-77)80-48-42-68(43-49-80)74-29-20-38-89(65-74)102-92(99)71-24-9-2-10-25-71)87-62-56-84(57-63-87)96(78-35-17-6-18-36-78)81-50-44-69(45-51-81)75-30-21-39-90(66-75)103-93(100)72-26-11-3-12-27-72/h1-66H. The molecule has 103 heavy (non-hydrogen) atoms. The molecule has 10 nitrogen and oxygen atoms in total. The van der Waals surface area contributed by atoms with E-state index in [0.717, 1.165) is 102 Å². The second-order valence-electron chi connectivity index (χ2n) is 24.4. The van der Waals surface area contributed by atoms with Gasteiger partial charge in [0.1, 0.15) is 17.2 Å². The average Bonchev–Trinajstić information content (AvgIpc) is 0.789. The molecule has 0 radical (unpaired) electrons. The lowest BCUT2D eigenvalue weighted by Gasteiger charge is -2.30. The van der Waals surface area contributed by atoms with E-state index in [-0.39, 0.29) is 0 Å². The Balaban J connectivity index is 0.758. The molecule has 0 aliphatic heterocycles. The number of hydrogen-bond donors (Lipinski definition) is 0. The summed E-state index contributed by atoms with van der Waals surface area (Å²) >= 11 is 0. The SMILES string of the molecule is O=C(Oc1cccc(-c2ccc(N(c3ccccc3)c3ccc(N(c4ccc(N(c5ccccc5)c5ccc(-c6cccc(OC(=O)c7ccccc7)c6)cc5)cc4)c4ccc(N(c5ccccc5)c5ccc(-c6cccc(OC(=O)c7ccccc7)c6)cc5)cc4)cc3)cc2)c1)c1ccccc1. The van der Waals surface area contributed by atoms with Crippen molar-refractivity contribution in [2.75, 3.05) is 19.6 Å². The van der Waals surface area contributed by atoms with Gasteiger partial charge in [0.05, 0.1) is 16.7 Å². The number of anilines is 12. The zero-order valence-electron chi connectivity index (χ0n) is 55.8. The Morgan fingerprint density at radius 3 is 0.544 bits per heavy atom. The van der Waals surface area contributed by atoms with Crippen LogP contribution in [0, 0.1) is 0 Å². The van der Waals surface area contributed by atoms with Crippen molar-refractivity contribution in [1.29, 1.82) is 0 Å². The fourth-order valence-electron chi connectivity index (χ4n) is 12.6. The molecular weight excluding hydrogens is 1270 g/mol. The number of hydrogen-bond acceptors (Lipinski definition) is 10. The van der Waals surface area contributed by atoms with Gasteiger partial charge in [0.15, 0.2) is 0 Å². The maximum absolute atomic E-state index is 13.0. The van der Waals surface area contributed by atoms with Crippen molar-refractivity contribution in [2.45, 2.75) is 0 Å². The highest BCUT2D eigenvalue weighted by molar-refractivity contribution is 5.93.